The van der Waals surface area contributed by atoms with Crippen LogP contribution in [0.2, 0.25) is 0 Å². The molecule has 0 aromatic carbocycles. The SMILES string of the molecule is Cc1c(C=O)sc2ccncc12. The van der Waals surface area contributed by atoms with Crippen molar-refractivity contribution in [3.05, 3.63) is 28.9 Å². The summed E-state index contributed by atoms with van der Waals surface area (Å²) in [4.78, 5) is 15.4. The maximum atomic E-state index is 10.6. The normalized spacial score (nSPS) is 10.4. The standard InChI is InChI=1S/C9H7NOS/c1-6-7-4-10-3-2-8(7)12-9(6)5-11/h2-5H,1H3. The summed E-state index contributed by atoms with van der Waals surface area (Å²) in [6, 6.07) is 1.93. The summed E-state index contributed by atoms with van der Waals surface area (Å²) in [7, 11) is 0. The van der Waals surface area contributed by atoms with Crippen molar-refractivity contribution in [3.8, 4) is 0 Å². The van der Waals surface area contributed by atoms with Crippen LogP contribution in [0.25, 0.3) is 10.1 Å². The maximum absolute atomic E-state index is 10.6. The molecular formula is C9H7NOS. The van der Waals surface area contributed by atoms with E-state index in [2.05, 4.69) is 4.98 Å². The molecular weight excluding hydrogens is 170 g/mol. The first kappa shape index (κ1) is 7.43. The van der Waals surface area contributed by atoms with Gasteiger partial charge < -0.3 is 0 Å². The number of carbonyl (C=O) groups is 1. The Hall–Kier alpha value is -1.22. The molecule has 0 unspecified atom stereocenters. The van der Waals surface area contributed by atoms with Crippen LogP contribution in [-0.2, 0) is 0 Å². The fourth-order valence-corrected chi connectivity index (χ4v) is 2.19. The van der Waals surface area contributed by atoms with Gasteiger partial charge in [-0.05, 0) is 18.6 Å². The second-order valence-corrected chi connectivity index (χ2v) is 3.66. The zero-order chi connectivity index (χ0) is 8.55. The molecule has 0 amide bonds. The molecule has 0 aliphatic carbocycles. The van der Waals surface area contributed by atoms with Crippen LogP contribution in [0.15, 0.2) is 18.5 Å². The van der Waals surface area contributed by atoms with Gasteiger partial charge in [0.2, 0.25) is 0 Å². The zero-order valence-corrected chi connectivity index (χ0v) is 7.39. The Kier molecular flexibility index (Phi) is 1.66. The van der Waals surface area contributed by atoms with Crippen molar-refractivity contribution < 1.29 is 4.79 Å². The lowest BCUT2D eigenvalue weighted by molar-refractivity contribution is 0.112. The quantitative estimate of drug-likeness (QED) is 0.626. The number of nitrogens with zero attached hydrogens (tertiary/aromatic N) is 1. The lowest BCUT2D eigenvalue weighted by Crippen LogP contribution is -1.75. The summed E-state index contributed by atoms with van der Waals surface area (Å²) < 4.78 is 1.13. The number of carbonyl (C=O) groups excluding carboxylic acids is 1. The highest BCUT2D eigenvalue weighted by atomic mass is 32.1. The first-order valence-electron chi connectivity index (χ1n) is 3.61. The minimum Gasteiger partial charge on any atom is -0.297 e. The Bertz CT molecular complexity index is 433. The van der Waals surface area contributed by atoms with Crippen molar-refractivity contribution in [1.82, 2.24) is 4.98 Å². The van der Waals surface area contributed by atoms with Gasteiger partial charge in [0.05, 0.1) is 4.88 Å². The van der Waals surface area contributed by atoms with Crippen LogP contribution < -0.4 is 0 Å². The van der Waals surface area contributed by atoms with E-state index in [9.17, 15) is 4.79 Å². The third-order valence-electron chi connectivity index (χ3n) is 1.88. The number of thiophene rings is 1. The molecule has 2 nitrogen and oxygen atoms in total. The maximum Gasteiger partial charge on any atom is 0.160 e. The molecule has 2 heterocycles. The first-order chi connectivity index (χ1) is 5.83. The molecule has 0 atom stereocenters. The smallest absolute Gasteiger partial charge is 0.160 e. The molecule has 2 rings (SSSR count). The predicted octanol–water partition coefficient (Wildman–Crippen LogP) is 2.42. The molecule has 0 aliphatic heterocycles. The highest BCUT2D eigenvalue weighted by Crippen LogP contribution is 2.28. The minimum atomic E-state index is 0.804. The van der Waals surface area contributed by atoms with E-state index in [1.54, 1.807) is 12.4 Å². The average Bonchev–Trinajstić information content (AvgIpc) is 2.44. The van der Waals surface area contributed by atoms with E-state index < -0.39 is 0 Å². The Morgan fingerprint density at radius 3 is 3.08 bits per heavy atom. The molecule has 60 valence electrons. The molecule has 0 bridgehead atoms. The third-order valence-corrected chi connectivity index (χ3v) is 3.08. The van der Waals surface area contributed by atoms with E-state index in [0.717, 1.165) is 26.8 Å². The van der Waals surface area contributed by atoms with Crippen LogP contribution in [0, 0.1) is 6.92 Å². The molecule has 2 aromatic rings. The van der Waals surface area contributed by atoms with Crippen LogP contribution in [0.1, 0.15) is 15.2 Å². The summed E-state index contributed by atoms with van der Waals surface area (Å²) in [5, 5.41) is 1.09. The van der Waals surface area contributed by atoms with Gasteiger partial charge in [0.25, 0.3) is 0 Å². The zero-order valence-electron chi connectivity index (χ0n) is 6.57. The third kappa shape index (κ3) is 0.940. The number of hydrogen-bond acceptors (Lipinski definition) is 3. The van der Waals surface area contributed by atoms with Gasteiger partial charge in [-0.15, -0.1) is 11.3 Å². The Labute approximate surface area is 73.9 Å². The van der Waals surface area contributed by atoms with Gasteiger partial charge in [-0.3, -0.25) is 9.78 Å². The van der Waals surface area contributed by atoms with Crippen LogP contribution in [-0.4, -0.2) is 11.3 Å². The highest BCUT2D eigenvalue weighted by molar-refractivity contribution is 7.20. The summed E-state index contributed by atoms with van der Waals surface area (Å²) in [6.07, 6.45) is 4.45. The summed E-state index contributed by atoms with van der Waals surface area (Å²) >= 11 is 1.52. The van der Waals surface area contributed by atoms with Gasteiger partial charge in [0.1, 0.15) is 0 Å². The molecule has 12 heavy (non-hydrogen) atoms. The molecule has 0 N–H and O–H groups in total. The predicted molar refractivity (Wildman–Crippen MR) is 49.7 cm³/mol. The number of pyridine rings is 1. The largest absolute Gasteiger partial charge is 0.297 e. The van der Waals surface area contributed by atoms with Gasteiger partial charge in [0.15, 0.2) is 6.29 Å². The van der Waals surface area contributed by atoms with Gasteiger partial charge >= 0.3 is 0 Å². The fraction of sp³-hybridized carbons (Fsp3) is 0.111. The van der Waals surface area contributed by atoms with Crippen LogP contribution in [0.4, 0.5) is 0 Å². The average molecular weight is 177 g/mol. The van der Waals surface area contributed by atoms with Crippen molar-refractivity contribution in [3.63, 3.8) is 0 Å². The monoisotopic (exact) mass is 177 g/mol. The molecule has 0 saturated carbocycles. The second kappa shape index (κ2) is 2.68. The lowest BCUT2D eigenvalue weighted by atomic mass is 10.2. The van der Waals surface area contributed by atoms with Crippen molar-refractivity contribution in [2.75, 3.05) is 0 Å². The number of fused-ring (bicyclic) bond motifs is 1. The van der Waals surface area contributed by atoms with Crippen molar-refractivity contribution in [2.24, 2.45) is 0 Å². The highest BCUT2D eigenvalue weighted by Gasteiger charge is 2.05. The van der Waals surface area contributed by atoms with Gasteiger partial charge in [-0.2, -0.15) is 0 Å². The summed E-state index contributed by atoms with van der Waals surface area (Å²) in [5.41, 5.74) is 1.04. The van der Waals surface area contributed by atoms with Crippen molar-refractivity contribution in [1.29, 1.82) is 0 Å². The number of aromatic nitrogens is 1. The van der Waals surface area contributed by atoms with E-state index in [0.29, 0.717) is 0 Å². The Morgan fingerprint density at radius 1 is 1.58 bits per heavy atom. The molecule has 3 heteroatoms. The molecule has 0 fully saturated rings. The topological polar surface area (TPSA) is 30.0 Å². The lowest BCUT2D eigenvalue weighted by Gasteiger charge is -1.87. The number of aryl methyl sites for hydroxylation is 1. The van der Waals surface area contributed by atoms with Gasteiger partial charge in [-0.25, -0.2) is 0 Å². The van der Waals surface area contributed by atoms with E-state index in [1.165, 1.54) is 11.3 Å². The van der Waals surface area contributed by atoms with Crippen LogP contribution in [0.5, 0.6) is 0 Å². The molecule has 2 aromatic heterocycles. The molecule has 0 aliphatic rings. The van der Waals surface area contributed by atoms with E-state index >= 15 is 0 Å². The number of rotatable bonds is 1. The molecule has 0 radical (unpaired) electrons. The fourth-order valence-electron chi connectivity index (χ4n) is 1.19. The van der Waals surface area contributed by atoms with Crippen LogP contribution in [0.3, 0.4) is 0 Å². The molecule has 0 spiro atoms. The van der Waals surface area contributed by atoms with E-state index in [-0.39, 0.29) is 0 Å². The van der Waals surface area contributed by atoms with E-state index in [4.69, 9.17) is 0 Å². The van der Waals surface area contributed by atoms with Crippen LogP contribution >= 0.6 is 11.3 Å². The summed E-state index contributed by atoms with van der Waals surface area (Å²) in [6.45, 7) is 1.95. The second-order valence-electron chi connectivity index (χ2n) is 2.58. The van der Waals surface area contributed by atoms with Crippen molar-refractivity contribution >= 4 is 27.7 Å². The molecule has 0 saturated heterocycles. The minimum absolute atomic E-state index is 0.804. The summed E-state index contributed by atoms with van der Waals surface area (Å²) in [5.74, 6) is 0. The van der Waals surface area contributed by atoms with Crippen molar-refractivity contribution in [2.45, 2.75) is 6.92 Å². The van der Waals surface area contributed by atoms with Gasteiger partial charge in [0, 0.05) is 22.5 Å². The number of aldehydes is 1. The Morgan fingerprint density at radius 2 is 2.42 bits per heavy atom. The van der Waals surface area contributed by atoms with Gasteiger partial charge in [-0.1, -0.05) is 0 Å². The van der Waals surface area contributed by atoms with E-state index in [1.807, 2.05) is 13.0 Å². The first-order valence-corrected chi connectivity index (χ1v) is 4.43. The Balaban J connectivity index is 2.87. The number of hydrogen-bond donors (Lipinski definition) is 0.